The normalized spacial score (nSPS) is 25.4. The van der Waals surface area contributed by atoms with Crippen molar-refractivity contribution in [3.05, 3.63) is 39.9 Å². The molecule has 0 bridgehead atoms. The van der Waals surface area contributed by atoms with Crippen molar-refractivity contribution in [2.24, 2.45) is 0 Å². The van der Waals surface area contributed by atoms with Gasteiger partial charge in [-0.1, -0.05) is 6.07 Å². The first-order chi connectivity index (χ1) is 21.4. The highest BCUT2D eigenvalue weighted by atomic mass is 32.2. The molecule has 4 N–H and O–H groups in total. The number of hydrogen-bond donors (Lipinski definition) is 2. The number of pyridine rings is 1. The van der Waals surface area contributed by atoms with E-state index in [4.69, 9.17) is 35.9 Å². The lowest BCUT2D eigenvalue weighted by molar-refractivity contribution is 0.00677. The van der Waals surface area contributed by atoms with Gasteiger partial charge in [0.2, 0.25) is 11.9 Å². The largest absolute Gasteiger partial charge is 0.461 e. The number of halogens is 1. The Kier molecular flexibility index (Phi) is 6.74. The Labute approximate surface area is 262 Å². The summed E-state index contributed by atoms with van der Waals surface area (Å²) in [4.78, 5) is 26.4. The van der Waals surface area contributed by atoms with E-state index in [0.717, 1.165) is 36.3 Å². The van der Waals surface area contributed by atoms with E-state index in [9.17, 15) is 9.65 Å². The number of nitriles is 1. The lowest BCUT2D eigenvalue weighted by atomic mass is 9.88. The first-order valence-corrected chi connectivity index (χ1v) is 16.7. The van der Waals surface area contributed by atoms with Crippen LogP contribution >= 0.6 is 23.1 Å². The number of alkyl halides is 1. The SMILES string of the molecule is N#Cc1c(N)sc2c1C1(CN(c3nc(OC[C@@]45CCCN4C[C@H](F)C5)nc(N(Cc4cccnc4N)C4COC4)n3)C1)SC2. The molecule has 0 unspecified atom stereocenters. The lowest BCUT2D eigenvalue weighted by Gasteiger charge is -2.48. The number of nitrogens with zero attached hydrogens (tertiary/aromatic N) is 8. The zero-order valence-corrected chi connectivity index (χ0v) is 25.7. The minimum Gasteiger partial charge on any atom is -0.461 e. The first kappa shape index (κ1) is 28.1. The molecular formula is C29H33FN10O2S2. The Bertz CT molecular complexity index is 1640. The van der Waals surface area contributed by atoms with Crippen LogP contribution in [0.2, 0.25) is 0 Å². The second kappa shape index (κ2) is 10.6. The third kappa shape index (κ3) is 4.53. The summed E-state index contributed by atoms with van der Waals surface area (Å²) < 4.78 is 26.2. The Balaban J connectivity index is 1.12. The molecule has 4 saturated heterocycles. The van der Waals surface area contributed by atoms with Crippen molar-refractivity contribution in [3.63, 3.8) is 0 Å². The second-order valence-corrected chi connectivity index (χ2v) is 14.8. The van der Waals surface area contributed by atoms with Crippen LogP contribution in [-0.2, 0) is 21.8 Å². The van der Waals surface area contributed by atoms with Gasteiger partial charge in [0.1, 0.15) is 29.7 Å². The fraction of sp³-hybridized carbons (Fsp3) is 0.552. The Morgan fingerprint density at radius 2 is 2.11 bits per heavy atom. The quantitative estimate of drug-likeness (QED) is 0.373. The van der Waals surface area contributed by atoms with Crippen molar-refractivity contribution < 1.29 is 13.9 Å². The number of hydrogen-bond acceptors (Lipinski definition) is 14. The number of anilines is 4. The smallest absolute Gasteiger partial charge is 0.323 e. The van der Waals surface area contributed by atoms with Crippen LogP contribution in [0.5, 0.6) is 6.01 Å². The Morgan fingerprint density at radius 1 is 1.25 bits per heavy atom. The van der Waals surface area contributed by atoms with Crippen molar-refractivity contribution in [1.29, 1.82) is 5.26 Å². The average molecular weight is 637 g/mol. The molecule has 5 aliphatic heterocycles. The second-order valence-electron chi connectivity index (χ2n) is 12.3. The van der Waals surface area contributed by atoms with Gasteiger partial charge in [-0.05, 0) is 25.5 Å². The van der Waals surface area contributed by atoms with Gasteiger partial charge in [0.15, 0.2) is 0 Å². The highest BCUT2D eigenvalue weighted by Gasteiger charge is 2.53. The van der Waals surface area contributed by atoms with Crippen LogP contribution < -0.4 is 26.0 Å². The van der Waals surface area contributed by atoms with Crippen LogP contribution in [-0.4, -0.2) is 88.6 Å². The van der Waals surface area contributed by atoms with E-state index < -0.39 is 6.17 Å². The Hall–Kier alpha value is -3.45. The summed E-state index contributed by atoms with van der Waals surface area (Å²) in [7, 11) is 0. The van der Waals surface area contributed by atoms with Gasteiger partial charge in [0.25, 0.3) is 0 Å². The van der Waals surface area contributed by atoms with Crippen LogP contribution in [0.3, 0.4) is 0 Å². The van der Waals surface area contributed by atoms with E-state index in [2.05, 4.69) is 25.8 Å². The van der Waals surface area contributed by atoms with Crippen molar-refractivity contribution in [1.82, 2.24) is 24.8 Å². The molecule has 1 spiro atoms. The van der Waals surface area contributed by atoms with E-state index in [1.807, 2.05) is 23.9 Å². The summed E-state index contributed by atoms with van der Waals surface area (Å²) in [6.07, 6.45) is 3.20. The Morgan fingerprint density at radius 3 is 2.89 bits per heavy atom. The molecule has 2 atom stereocenters. The molecule has 0 amide bonds. The van der Waals surface area contributed by atoms with Crippen LogP contribution in [0, 0.1) is 11.3 Å². The fourth-order valence-corrected chi connectivity index (χ4v) is 10.1. The van der Waals surface area contributed by atoms with Gasteiger partial charge in [-0.3, -0.25) is 4.90 Å². The maximum absolute atomic E-state index is 14.5. The molecule has 4 fully saturated rings. The molecule has 230 valence electrons. The molecule has 8 heterocycles. The average Bonchev–Trinajstić information content (AvgIpc) is 3.68. The monoisotopic (exact) mass is 636 g/mol. The maximum Gasteiger partial charge on any atom is 0.323 e. The van der Waals surface area contributed by atoms with Crippen LogP contribution in [0.15, 0.2) is 18.3 Å². The third-order valence-corrected chi connectivity index (χ3v) is 12.3. The van der Waals surface area contributed by atoms with Gasteiger partial charge in [-0.15, -0.1) is 23.1 Å². The molecule has 0 aromatic carbocycles. The molecule has 44 heavy (non-hydrogen) atoms. The minimum absolute atomic E-state index is 0.0476. The number of rotatable bonds is 8. The summed E-state index contributed by atoms with van der Waals surface area (Å²) in [5.74, 6) is 2.27. The zero-order valence-electron chi connectivity index (χ0n) is 24.1. The van der Waals surface area contributed by atoms with E-state index in [1.54, 1.807) is 6.20 Å². The predicted octanol–water partition coefficient (Wildman–Crippen LogP) is 2.69. The van der Waals surface area contributed by atoms with Gasteiger partial charge >= 0.3 is 6.01 Å². The summed E-state index contributed by atoms with van der Waals surface area (Å²) >= 11 is 3.36. The molecule has 0 radical (unpaired) electrons. The van der Waals surface area contributed by atoms with Gasteiger partial charge in [-0.25, -0.2) is 9.37 Å². The number of nitrogens with two attached hydrogens (primary N) is 2. The minimum atomic E-state index is -0.849. The van der Waals surface area contributed by atoms with Crippen molar-refractivity contribution in [2.45, 2.75) is 54.1 Å². The summed E-state index contributed by atoms with van der Waals surface area (Å²) in [6.45, 7) is 4.46. The van der Waals surface area contributed by atoms with Crippen LogP contribution in [0.4, 0.5) is 27.1 Å². The predicted molar refractivity (Wildman–Crippen MR) is 166 cm³/mol. The first-order valence-electron chi connectivity index (χ1n) is 14.9. The van der Waals surface area contributed by atoms with E-state index in [0.29, 0.717) is 80.7 Å². The van der Waals surface area contributed by atoms with Gasteiger partial charge in [0, 0.05) is 60.6 Å². The van der Waals surface area contributed by atoms with Gasteiger partial charge in [-0.2, -0.15) is 20.2 Å². The van der Waals surface area contributed by atoms with E-state index in [1.165, 1.54) is 16.2 Å². The van der Waals surface area contributed by atoms with E-state index in [-0.39, 0.29) is 22.3 Å². The number of nitrogen functional groups attached to an aromatic ring is 2. The number of ether oxygens (including phenoxy) is 2. The topological polar surface area (TPSA) is 156 Å². The van der Waals surface area contributed by atoms with Gasteiger partial charge < -0.3 is 30.7 Å². The molecule has 5 aliphatic rings. The van der Waals surface area contributed by atoms with Crippen LogP contribution in [0.1, 0.15) is 40.8 Å². The maximum atomic E-state index is 14.5. The molecule has 0 aliphatic carbocycles. The lowest BCUT2D eigenvalue weighted by Crippen LogP contribution is -2.57. The molecule has 12 nitrogen and oxygen atoms in total. The van der Waals surface area contributed by atoms with Crippen molar-refractivity contribution in [3.8, 4) is 12.1 Å². The molecule has 3 aromatic rings. The van der Waals surface area contributed by atoms with Gasteiger partial charge in [0.05, 0.1) is 35.1 Å². The third-order valence-electron chi connectivity index (χ3n) is 9.64. The number of aromatic nitrogens is 4. The number of fused-ring (bicyclic) bond motifs is 3. The summed E-state index contributed by atoms with van der Waals surface area (Å²) in [5, 5.41) is 10.4. The van der Waals surface area contributed by atoms with Crippen LogP contribution in [0.25, 0.3) is 0 Å². The van der Waals surface area contributed by atoms with Crippen molar-refractivity contribution in [2.75, 3.05) is 67.3 Å². The zero-order chi connectivity index (χ0) is 30.1. The van der Waals surface area contributed by atoms with Crippen molar-refractivity contribution >= 4 is 45.8 Å². The molecule has 15 heteroatoms. The fourth-order valence-electron chi connectivity index (χ4n) is 7.28. The molecular weight excluding hydrogens is 604 g/mol. The molecule has 8 rings (SSSR count). The van der Waals surface area contributed by atoms with E-state index >= 15 is 0 Å². The highest BCUT2D eigenvalue weighted by molar-refractivity contribution is 8.00. The summed E-state index contributed by atoms with van der Waals surface area (Å²) in [5.41, 5.74) is 14.6. The number of thiophene rings is 1. The number of thioether (sulfide) groups is 1. The summed E-state index contributed by atoms with van der Waals surface area (Å²) in [6, 6.07) is 6.41. The highest BCUT2D eigenvalue weighted by Crippen LogP contribution is 2.57. The molecule has 0 saturated carbocycles. The molecule has 3 aromatic heterocycles. The standard InChI is InChI=1S/C29H33FN10O2S2/c30-18-7-28(4-2-6-39(28)10-18)16-42-27-36-25(38-14-29(15-38)22-20(8-31)24(33)44-21(22)13-43-29)35-26(37-27)40(19-11-41-12-19)9-17-3-1-5-34-23(17)32/h1,3,5,18-19H,2,4,6-7,9-16,33H2,(H2,32,34)/t18-,28+/m1/s1.